The van der Waals surface area contributed by atoms with Gasteiger partial charge in [0.15, 0.2) is 23.2 Å². The summed E-state index contributed by atoms with van der Waals surface area (Å²) in [7, 11) is 0. The van der Waals surface area contributed by atoms with Crippen molar-refractivity contribution in [2.75, 3.05) is 13.2 Å². The Kier molecular flexibility index (Phi) is 9.66. The maximum atomic E-state index is 14.1. The summed E-state index contributed by atoms with van der Waals surface area (Å²) in [6, 6.07) is 2.91. The van der Waals surface area contributed by atoms with E-state index < -0.39 is 77.0 Å². The fourth-order valence-electron chi connectivity index (χ4n) is 4.80. The number of ether oxygens (including phenoxy) is 1. The molecule has 43 heavy (non-hydrogen) atoms. The van der Waals surface area contributed by atoms with Crippen LogP contribution in [-0.4, -0.2) is 53.7 Å². The molecule has 0 bridgehead atoms. The predicted molar refractivity (Wildman–Crippen MR) is 143 cm³/mol. The van der Waals surface area contributed by atoms with Gasteiger partial charge in [-0.25, -0.2) is 13.2 Å². The number of nitrogens with one attached hydrogen (secondary N) is 4. The first-order valence-corrected chi connectivity index (χ1v) is 13.5. The van der Waals surface area contributed by atoms with Crippen molar-refractivity contribution in [2.24, 2.45) is 11.8 Å². The van der Waals surface area contributed by atoms with Gasteiger partial charge in [-0.3, -0.25) is 19.2 Å². The van der Waals surface area contributed by atoms with Crippen LogP contribution in [0.5, 0.6) is 5.75 Å². The third-order valence-corrected chi connectivity index (χ3v) is 7.00. The number of aromatic nitrogens is 1. The summed E-state index contributed by atoms with van der Waals surface area (Å²) in [4.78, 5) is 54.5. The number of H-pyrrole nitrogens is 1. The Morgan fingerprint density at radius 3 is 2.28 bits per heavy atom. The van der Waals surface area contributed by atoms with Gasteiger partial charge in [-0.2, -0.15) is 8.78 Å². The Bertz CT molecular complexity index is 1530. The van der Waals surface area contributed by atoms with Gasteiger partial charge >= 0.3 is 0 Å². The lowest BCUT2D eigenvalue weighted by molar-refractivity contribution is -0.131. The second kappa shape index (κ2) is 13.2. The lowest BCUT2D eigenvalue weighted by Crippen LogP contribution is -2.53. The molecule has 0 spiro atoms. The molecular formula is C29H29F5N4O5. The van der Waals surface area contributed by atoms with E-state index in [2.05, 4.69) is 20.9 Å². The molecule has 1 aliphatic rings. The topological polar surface area (TPSA) is 129 Å². The van der Waals surface area contributed by atoms with Crippen LogP contribution in [0.2, 0.25) is 0 Å². The highest BCUT2D eigenvalue weighted by Gasteiger charge is 2.34. The summed E-state index contributed by atoms with van der Waals surface area (Å²) < 4.78 is 74.2. The number of hydrogen-bond donors (Lipinski definition) is 4. The molecule has 4 N–H and O–H groups in total. The van der Waals surface area contributed by atoms with Gasteiger partial charge in [-0.15, -0.1) is 0 Å². The average Bonchev–Trinajstić information content (AvgIpc) is 3.57. The fourth-order valence-corrected chi connectivity index (χ4v) is 4.80. The lowest BCUT2D eigenvalue weighted by Gasteiger charge is -2.25. The van der Waals surface area contributed by atoms with Crippen LogP contribution < -0.4 is 20.7 Å². The number of halogens is 5. The molecule has 0 saturated carbocycles. The smallest absolute Gasteiger partial charge is 0.268 e. The van der Waals surface area contributed by atoms with Crippen molar-refractivity contribution in [1.82, 2.24) is 20.9 Å². The third kappa shape index (κ3) is 7.30. The number of rotatable bonds is 12. The molecule has 1 saturated heterocycles. The van der Waals surface area contributed by atoms with Crippen LogP contribution in [0.1, 0.15) is 43.6 Å². The molecule has 4 rings (SSSR count). The van der Waals surface area contributed by atoms with E-state index in [1.165, 1.54) is 18.2 Å². The third-order valence-electron chi connectivity index (χ3n) is 7.00. The number of ketones is 1. The second-order valence-corrected chi connectivity index (χ2v) is 10.7. The monoisotopic (exact) mass is 608 g/mol. The number of hydrogen-bond acceptors (Lipinski definition) is 5. The van der Waals surface area contributed by atoms with Gasteiger partial charge < -0.3 is 25.7 Å². The van der Waals surface area contributed by atoms with E-state index in [0.29, 0.717) is 18.5 Å². The summed E-state index contributed by atoms with van der Waals surface area (Å²) in [5, 5.41) is 7.82. The van der Waals surface area contributed by atoms with E-state index in [0.717, 1.165) is 0 Å². The van der Waals surface area contributed by atoms with Crippen molar-refractivity contribution in [3.05, 3.63) is 65.1 Å². The number of benzene rings is 2. The Morgan fingerprint density at radius 2 is 1.67 bits per heavy atom. The summed E-state index contributed by atoms with van der Waals surface area (Å²) >= 11 is 0. The number of carbonyl (C=O) groups is 4. The second-order valence-electron chi connectivity index (χ2n) is 10.7. The molecule has 0 aliphatic carbocycles. The van der Waals surface area contributed by atoms with Crippen molar-refractivity contribution >= 4 is 34.4 Å². The van der Waals surface area contributed by atoms with Crippen molar-refractivity contribution in [3.8, 4) is 5.75 Å². The Morgan fingerprint density at radius 1 is 0.977 bits per heavy atom. The summed E-state index contributed by atoms with van der Waals surface area (Å²) in [5.74, 6) is -12.9. The molecule has 1 aliphatic heterocycles. The summed E-state index contributed by atoms with van der Waals surface area (Å²) in [6.45, 7) is 2.79. The standard InChI is InChI=1S/C29H29F5N4O5/c1-13(2)8-21(38-29(42)22-10-15-16(30)4-3-5-19(15)36-22)28(41)37-20(9-14-6-7-35-27(14)40)23(39)12-43-26-24(33)17(31)11-18(32)25(26)34/h3-5,10-11,13-14,20-21,36H,6-9,12H2,1-2H3,(H,35,40)(H,37,41)(H,38,42)/t14-,20?,21?/m0/s1. The molecular weight excluding hydrogens is 579 g/mol. The quantitative estimate of drug-likeness (QED) is 0.184. The van der Waals surface area contributed by atoms with E-state index in [1.54, 1.807) is 19.9 Å². The Hall–Kier alpha value is -4.49. The van der Waals surface area contributed by atoms with Gasteiger partial charge in [0.2, 0.25) is 23.4 Å². The number of carbonyl (C=O) groups excluding carboxylic acids is 4. The molecule has 2 aromatic carbocycles. The number of aromatic amines is 1. The lowest BCUT2D eigenvalue weighted by atomic mass is 9.95. The first-order valence-electron chi connectivity index (χ1n) is 13.5. The molecule has 230 valence electrons. The average molecular weight is 609 g/mol. The van der Waals surface area contributed by atoms with Crippen LogP contribution in [0.4, 0.5) is 22.0 Å². The fraction of sp³-hybridized carbons (Fsp3) is 0.379. The zero-order valence-corrected chi connectivity index (χ0v) is 23.2. The Balaban J connectivity index is 1.52. The molecule has 3 aromatic rings. The van der Waals surface area contributed by atoms with E-state index in [4.69, 9.17) is 4.74 Å². The van der Waals surface area contributed by atoms with Crippen LogP contribution in [0.3, 0.4) is 0 Å². The number of Topliss-reactive ketones (excluding diaryl/α,β-unsaturated/α-hetero) is 1. The van der Waals surface area contributed by atoms with Crippen LogP contribution in [0.15, 0.2) is 30.3 Å². The van der Waals surface area contributed by atoms with E-state index in [1.807, 2.05) is 0 Å². The summed E-state index contributed by atoms with van der Waals surface area (Å²) in [5.41, 5.74) is 0.346. The highest BCUT2D eigenvalue weighted by atomic mass is 19.2. The van der Waals surface area contributed by atoms with Gasteiger partial charge in [-0.1, -0.05) is 19.9 Å². The highest BCUT2D eigenvalue weighted by molar-refractivity contribution is 6.01. The maximum absolute atomic E-state index is 14.1. The zero-order valence-electron chi connectivity index (χ0n) is 23.2. The van der Waals surface area contributed by atoms with Crippen molar-refractivity contribution < 1.29 is 45.9 Å². The first kappa shape index (κ1) is 31.4. The zero-order chi connectivity index (χ0) is 31.4. The minimum absolute atomic E-state index is 0.0170. The molecule has 0 radical (unpaired) electrons. The van der Waals surface area contributed by atoms with Crippen LogP contribution in [-0.2, 0) is 14.4 Å². The van der Waals surface area contributed by atoms with Crippen LogP contribution in [0, 0.1) is 40.9 Å². The van der Waals surface area contributed by atoms with E-state index in [9.17, 15) is 41.1 Å². The summed E-state index contributed by atoms with van der Waals surface area (Å²) in [6.07, 6.45) is 0.235. The molecule has 3 amide bonds. The normalized spacial score (nSPS) is 16.2. The molecule has 3 atom stereocenters. The largest absolute Gasteiger partial charge is 0.479 e. The van der Waals surface area contributed by atoms with Crippen molar-refractivity contribution in [3.63, 3.8) is 0 Å². The maximum Gasteiger partial charge on any atom is 0.268 e. The molecule has 2 unspecified atom stereocenters. The van der Waals surface area contributed by atoms with Gasteiger partial charge in [0, 0.05) is 29.4 Å². The van der Waals surface area contributed by atoms with Crippen molar-refractivity contribution in [1.29, 1.82) is 0 Å². The van der Waals surface area contributed by atoms with Gasteiger partial charge in [0.1, 0.15) is 24.2 Å². The molecule has 1 fully saturated rings. The molecule has 2 heterocycles. The van der Waals surface area contributed by atoms with Crippen molar-refractivity contribution in [2.45, 2.75) is 45.2 Å². The first-order chi connectivity index (χ1) is 20.3. The molecule has 1 aromatic heterocycles. The van der Waals surface area contributed by atoms with Gasteiger partial charge in [0.25, 0.3) is 5.91 Å². The van der Waals surface area contributed by atoms with Gasteiger partial charge in [-0.05, 0) is 43.4 Å². The molecule has 14 heteroatoms. The minimum Gasteiger partial charge on any atom is -0.479 e. The highest BCUT2D eigenvalue weighted by Crippen LogP contribution is 2.27. The van der Waals surface area contributed by atoms with E-state index in [-0.39, 0.29) is 41.8 Å². The number of amides is 3. The SMILES string of the molecule is CC(C)CC(NC(=O)c1cc2c(F)cccc2[nH]1)C(=O)NC(C[C@@H]1CCNC1=O)C(=O)COc1c(F)c(F)cc(F)c1F. The van der Waals surface area contributed by atoms with Gasteiger partial charge in [0.05, 0.1) is 6.04 Å². The van der Waals surface area contributed by atoms with E-state index >= 15 is 0 Å². The van der Waals surface area contributed by atoms with Crippen LogP contribution >= 0.6 is 0 Å². The predicted octanol–water partition coefficient (Wildman–Crippen LogP) is 3.67. The Labute approximate surface area is 242 Å². The number of fused-ring (bicyclic) bond motifs is 1. The minimum atomic E-state index is -1.85. The van der Waals surface area contributed by atoms with Crippen LogP contribution in [0.25, 0.3) is 10.9 Å². The molecule has 9 nitrogen and oxygen atoms in total.